The molecule has 222 valence electrons. The maximum atomic E-state index is 13.4. The lowest BCUT2D eigenvalue weighted by Gasteiger charge is -2.38. The number of piperazine rings is 1. The minimum Gasteiger partial charge on any atom is -0.494 e. The number of ether oxygens (including phenoxy) is 2. The molecule has 0 unspecified atom stereocenters. The standard InChI is InChI=1S/C25H27F7N2O5S/c1-23(2,10-3-15-38-18-6-9-21(26)20(16-18)24(27,28)29)22(35)33-11-13-34(14-12-33)40(36,37)19-7-4-17(5-8-19)39-25(30,31)32/h4-9,16H,3,10-15H2,1-2H3. The molecule has 0 bridgehead atoms. The number of carbonyl (C=O) groups is 1. The third-order valence-corrected chi connectivity index (χ3v) is 8.17. The Kier molecular flexibility index (Phi) is 9.29. The molecule has 15 heteroatoms. The van der Waals surface area contributed by atoms with Crippen molar-refractivity contribution < 1.29 is 53.4 Å². The average Bonchev–Trinajstić information content (AvgIpc) is 2.86. The maximum Gasteiger partial charge on any atom is 0.573 e. The van der Waals surface area contributed by atoms with Gasteiger partial charge in [0.25, 0.3) is 0 Å². The van der Waals surface area contributed by atoms with Crippen LogP contribution in [0, 0.1) is 11.2 Å². The van der Waals surface area contributed by atoms with E-state index in [1.807, 2.05) is 0 Å². The van der Waals surface area contributed by atoms with Crippen LogP contribution in [0.5, 0.6) is 11.5 Å². The SMILES string of the molecule is CC(C)(CCCOc1ccc(F)c(C(F)(F)F)c1)C(=O)N1CCN(S(=O)(=O)c2ccc(OC(F)(F)F)cc2)CC1. The smallest absolute Gasteiger partial charge is 0.494 e. The highest BCUT2D eigenvalue weighted by atomic mass is 32.2. The summed E-state index contributed by atoms with van der Waals surface area (Å²) in [5, 5.41) is 0. The molecule has 0 aliphatic carbocycles. The number of hydrogen-bond acceptors (Lipinski definition) is 5. The zero-order valence-electron chi connectivity index (χ0n) is 21.5. The Hall–Kier alpha value is -3.07. The molecular weight excluding hydrogens is 573 g/mol. The van der Waals surface area contributed by atoms with Crippen LogP contribution in [0.2, 0.25) is 0 Å². The normalized spacial score (nSPS) is 15.7. The molecule has 1 saturated heterocycles. The van der Waals surface area contributed by atoms with Gasteiger partial charge in [0.2, 0.25) is 15.9 Å². The van der Waals surface area contributed by atoms with E-state index < -0.39 is 45.1 Å². The molecule has 0 saturated carbocycles. The lowest BCUT2D eigenvalue weighted by Crippen LogP contribution is -2.53. The minimum atomic E-state index is -4.91. The summed E-state index contributed by atoms with van der Waals surface area (Å²) in [6.07, 6.45) is -9.16. The molecule has 1 aliphatic heterocycles. The molecule has 7 nitrogen and oxygen atoms in total. The summed E-state index contributed by atoms with van der Waals surface area (Å²) < 4.78 is 125. The summed E-state index contributed by atoms with van der Waals surface area (Å²) in [6.45, 7) is 3.47. The largest absolute Gasteiger partial charge is 0.573 e. The van der Waals surface area contributed by atoms with Gasteiger partial charge in [-0.2, -0.15) is 17.5 Å². The van der Waals surface area contributed by atoms with Crippen molar-refractivity contribution in [3.63, 3.8) is 0 Å². The van der Waals surface area contributed by atoms with Crippen molar-refractivity contribution in [3.05, 3.63) is 53.8 Å². The number of amides is 1. The summed E-state index contributed by atoms with van der Waals surface area (Å²) >= 11 is 0. The summed E-state index contributed by atoms with van der Waals surface area (Å²) in [5.41, 5.74) is -2.33. The fourth-order valence-electron chi connectivity index (χ4n) is 4.14. The third kappa shape index (κ3) is 7.99. The van der Waals surface area contributed by atoms with Crippen LogP contribution in [0.25, 0.3) is 0 Å². The first-order valence-corrected chi connectivity index (χ1v) is 13.5. The van der Waals surface area contributed by atoms with Crippen molar-refractivity contribution in [1.82, 2.24) is 9.21 Å². The second-order valence-corrected chi connectivity index (χ2v) is 11.6. The van der Waals surface area contributed by atoms with Crippen molar-refractivity contribution in [1.29, 1.82) is 0 Å². The molecule has 40 heavy (non-hydrogen) atoms. The number of sulfonamides is 1. The average molecular weight is 601 g/mol. The van der Waals surface area contributed by atoms with Gasteiger partial charge in [-0.3, -0.25) is 4.79 Å². The second-order valence-electron chi connectivity index (χ2n) is 9.69. The van der Waals surface area contributed by atoms with Crippen molar-refractivity contribution in [2.24, 2.45) is 5.41 Å². The molecule has 0 aromatic heterocycles. The summed E-state index contributed by atoms with van der Waals surface area (Å²) in [7, 11) is -4.02. The fraction of sp³-hybridized carbons (Fsp3) is 0.480. The van der Waals surface area contributed by atoms with E-state index in [2.05, 4.69) is 4.74 Å². The Bertz CT molecular complexity index is 1290. The maximum absolute atomic E-state index is 13.4. The summed E-state index contributed by atoms with van der Waals surface area (Å²) in [6, 6.07) is 6.14. The second kappa shape index (κ2) is 11.8. The Morgan fingerprint density at radius 3 is 2.02 bits per heavy atom. The number of halogens is 7. The van der Waals surface area contributed by atoms with Gasteiger partial charge < -0.3 is 14.4 Å². The zero-order chi connectivity index (χ0) is 29.9. The monoisotopic (exact) mass is 600 g/mol. The first-order valence-electron chi connectivity index (χ1n) is 12.0. The van der Waals surface area contributed by atoms with Crippen LogP contribution in [-0.2, 0) is 21.0 Å². The van der Waals surface area contributed by atoms with Gasteiger partial charge in [0.1, 0.15) is 17.3 Å². The van der Waals surface area contributed by atoms with E-state index in [0.29, 0.717) is 25.0 Å². The molecule has 2 aromatic carbocycles. The first kappa shape index (κ1) is 31.5. The number of alkyl halides is 6. The molecule has 1 amide bonds. The number of benzene rings is 2. The molecular formula is C25H27F7N2O5S. The van der Waals surface area contributed by atoms with Crippen molar-refractivity contribution in [3.8, 4) is 11.5 Å². The van der Waals surface area contributed by atoms with Crippen LogP contribution in [0.4, 0.5) is 30.7 Å². The predicted molar refractivity (Wildman–Crippen MR) is 128 cm³/mol. The number of nitrogens with zero attached hydrogens (tertiary/aromatic N) is 2. The number of rotatable bonds is 9. The molecule has 0 atom stereocenters. The van der Waals surface area contributed by atoms with E-state index >= 15 is 0 Å². The van der Waals surface area contributed by atoms with Crippen LogP contribution in [0.3, 0.4) is 0 Å². The van der Waals surface area contributed by atoms with E-state index in [1.165, 1.54) is 4.90 Å². The molecule has 1 heterocycles. The fourth-order valence-corrected chi connectivity index (χ4v) is 5.57. The highest BCUT2D eigenvalue weighted by molar-refractivity contribution is 7.89. The number of carbonyl (C=O) groups excluding carboxylic acids is 1. The van der Waals surface area contributed by atoms with Gasteiger partial charge in [0.05, 0.1) is 17.1 Å². The van der Waals surface area contributed by atoms with E-state index in [-0.39, 0.29) is 49.3 Å². The Morgan fingerprint density at radius 1 is 0.900 bits per heavy atom. The molecule has 0 spiro atoms. The minimum absolute atomic E-state index is 0.0154. The summed E-state index contributed by atoms with van der Waals surface area (Å²) in [5.74, 6) is -2.37. The van der Waals surface area contributed by atoms with Gasteiger partial charge in [-0.05, 0) is 55.3 Å². The first-order chi connectivity index (χ1) is 18.4. The van der Waals surface area contributed by atoms with Gasteiger partial charge >= 0.3 is 12.5 Å². The van der Waals surface area contributed by atoms with Crippen LogP contribution in [0.15, 0.2) is 47.4 Å². The Labute approximate surface area is 226 Å². The Balaban J connectivity index is 1.51. The van der Waals surface area contributed by atoms with Crippen molar-refractivity contribution in [2.45, 2.75) is 44.1 Å². The van der Waals surface area contributed by atoms with E-state index in [9.17, 15) is 43.9 Å². The highest BCUT2D eigenvalue weighted by Gasteiger charge is 2.37. The predicted octanol–water partition coefficient (Wildman–Crippen LogP) is 5.46. The lowest BCUT2D eigenvalue weighted by molar-refractivity contribution is -0.274. The van der Waals surface area contributed by atoms with Gasteiger partial charge in [0.15, 0.2) is 0 Å². The van der Waals surface area contributed by atoms with Crippen LogP contribution >= 0.6 is 0 Å². The van der Waals surface area contributed by atoms with Gasteiger partial charge in [-0.15, -0.1) is 13.2 Å². The van der Waals surface area contributed by atoms with E-state index in [0.717, 1.165) is 34.6 Å². The quantitative estimate of drug-likeness (QED) is 0.282. The third-order valence-electron chi connectivity index (χ3n) is 6.26. The lowest BCUT2D eigenvalue weighted by atomic mass is 9.86. The zero-order valence-corrected chi connectivity index (χ0v) is 22.3. The van der Waals surface area contributed by atoms with Gasteiger partial charge in [-0.25, -0.2) is 12.8 Å². The summed E-state index contributed by atoms with van der Waals surface area (Å²) in [4.78, 5) is 14.4. The number of hydrogen-bond donors (Lipinski definition) is 0. The van der Waals surface area contributed by atoms with Crippen LogP contribution in [0.1, 0.15) is 32.3 Å². The molecule has 1 aliphatic rings. The highest BCUT2D eigenvalue weighted by Crippen LogP contribution is 2.34. The van der Waals surface area contributed by atoms with Crippen molar-refractivity contribution in [2.75, 3.05) is 32.8 Å². The Morgan fingerprint density at radius 2 is 1.48 bits per heavy atom. The van der Waals surface area contributed by atoms with Crippen molar-refractivity contribution >= 4 is 15.9 Å². The molecule has 0 N–H and O–H groups in total. The molecule has 1 fully saturated rings. The molecule has 2 aromatic rings. The topological polar surface area (TPSA) is 76.2 Å². The molecule has 0 radical (unpaired) electrons. The van der Waals surface area contributed by atoms with E-state index in [1.54, 1.807) is 13.8 Å². The van der Waals surface area contributed by atoms with Crippen LogP contribution < -0.4 is 9.47 Å². The molecule has 3 rings (SSSR count). The van der Waals surface area contributed by atoms with Gasteiger partial charge in [-0.1, -0.05) is 13.8 Å². The van der Waals surface area contributed by atoms with Gasteiger partial charge in [0, 0.05) is 31.6 Å². The van der Waals surface area contributed by atoms with E-state index in [4.69, 9.17) is 4.74 Å². The van der Waals surface area contributed by atoms with Crippen LogP contribution in [-0.4, -0.2) is 62.7 Å².